The molecule has 0 atom stereocenters. The van der Waals surface area contributed by atoms with Crippen molar-refractivity contribution in [1.82, 2.24) is 4.90 Å². The van der Waals surface area contributed by atoms with E-state index in [1.165, 1.54) is 0 Å². The number of carbonyl (C=O) groups is 2. The fourth-order valence-electron chi connectivity index (χ4n) is 3.34. The van der Waals surface area contributed by atoms with Gasteiger partial charge in [0, 0.05) is 30.6 Å². The van der Waals surface area contributed by atoms with Gasteiger partial charge in [0.1, 0.15) is 0 Å². The van der Waals surface area contributed by atoms with Crippen LogP contribution in [0.3, 0.4) is 0 Å². The largest absolute Gasteiger partial charge is 0.339 e. The molecule has 1 heterocycles. The Bertz CT molecular complexity index is 917. The summed E-state index contributed by atoms with van der Waals surface area (Å²) in [5.74, 6) is -0.0201. The van der Waals surface area contributed by atoms with Gasteiger partial charge in [0.25, 0.3) is 5.91 Å². The normalized spacial score (nSPS) is 13.9. The molecule has 4 nitrogen and oxygen atoms in total. The second-order valence-electron chi connectivity index (χ2n) is 6.53. The molecule has 5 heteroatoms. The first kappa shape index (κ1) is 19.2. The number of benzene rings is 2. The Morgan fingerprint density at radius 2 is 1.74 bits per heavy atom. The van der Waals surface area contributed by atoms with Gasteiger partial charge < -0.3 is 9.80 Å². The molecule has 0 aliphatic carbocycles. The SMILES string of the molecule is CCN(CC)C(=O)c1ccc2c(c1)/C=C\c1cc(Cl)ccc1N(C(C)=O)C2. The Balaban J connectivity index is 2.08. The molecular weight excluding hydrogens is 360 g/mol. The van der Waals surface area contributed by atoms with Crippen molar-refractivity contribution in [2.75, 3.05) is 18.0 Å². The van der Waals surface area contributed by atoms with Gasteiger partial charge in [-0.15, -0.1) is 0 Å². The maximum absolute atomic E-state index is 12.7. The van der Waals surface area contributed by atoms with Crippen LogP contribution in [0.15, 0.2) is 36.4 Å². The lowest BCUT2D eigenvalue weighted by Gasteiger charge is -2.26. The minimum absolute atomic E-state index is 0.0186. The van der Waals surface area contributed by atoms with E-state index in [2.05, 4.69) is 0 Å². The van der Waals surface area contributed by atoms with E-state index in [0.717, 1.165) is 22.4 Å². The summed E-state index contributed by atoms with van der Waals surface area (Å²) in [5, 5.41) is 0.619. The molecule has 2 aromatic carbocycles. The number of anilines is 1. The molecule has 0 N–H and O–H groups in total. The first-order valence-corrected chi connectivity index (χ1v) is 9.50. The predicted molar refractivity (Wildman–Crippen MR) is 111 cm³/mol. The van der Waals surface area contributed by atoms with Crippen LogP contribution in [0.5, 0.6) is 0 Å². The van der Waals surface area contributed by atoms with Gasteiger partial charge in [-0.2, -0.15) is 0 Å². The number of halogens is 1. The van der Waals surface area contributed by atoms with Crippen LogP contribution in [0.1, 0.15) is 47.8 Å². The zero-order valence-electron chi connectivity index (χ0n) is 15.8. The fraction of sp³-hybridized carbons (Fsp3) is 0.273. The van der Waals surface area contributed by atoms with Gasteiger partial charge in [-0.25, -0.2) is 0 Å². The van der Waals surface area contributed by atoms with Crippen LogP contribution in [0.25, 0.3) is 12.2 Å². The third-order valence-corrected chi connectivity index (χ3v) is 5.11. The van der Waals surface area contributed by atoms with E-state index in [1.54, 1.807) is 22.8 Å². The summed E-state index contributed by atoms with van der Waals surface area (Å²) >= 11 is 6.14. The van der Waals surface area contributed by atoms with Crippen LogP contribution in [-0.2, 0) is 11.3 Å². The monoisotopic (exact) mass is 382 g/mol. The first-order chi connectivity index (χ1) is 12.9. The second kappa shape index (κ2) is 7.97. The van der Waals surface area contributed by atoms with Crippen LogP contribution in [0.4, 0.5) is 5.69 Å². The van der Waals surface area contributed by atoms with Gasteiger partial charge in [0.05, 0.1) is 12.2 Å². The highest BCUT2D eigenvalue weighted by atomic mass is 35.5. The highest BCUT2D eigenvalue weighted by Gasteiger charge is 2.20. The van der Waals surface area contributed by atoms with Crippen molar-refractivity contribution >= 4 is 41.3 Å². The highest BCUT2D eigenvalue weighted by Crippen LogP contribution is 2.31. The lowest BCUT2D eigenvalue weighted by Crippen LogP contribution is -2.31. The minimum Gasteiger partial charge on any atom is -0.339 e. The van der Waals surface area contributed by atoms with Crippen LogP contribution in [0, 0.1) is 0 Å². The Labute approximate surface area is 165 Å². The quantitative estimate of drug-likeness (QED) is 0.760. The average Bonchev–Trinajstić information content (AvgIpc) is 2.64. The molecule has 27 heavy (non-hydrogen) atoms. The van der Waals surface area contributed by atoms with E-state index in [0.29, 0.717) is 30.2 Å². The maximum atomic E-state index is 12.7. The molecule has 0 spiro atoms. The Morgan fingerprint density at radius 3 is 2.41 bits per heavy atom. The number of amides is 2. The topological polar surface area (TPSA) is 40.6 Å². The van der Waals surface area contributed by atoms with E-state index in [1.807, 2.05) is 56.3 Å². The Kier molecular flexibility index (Phi) is 5.66. The maximum Gasteiger partial charge on any atom is 0.253 e. The molecule has 0 radical (unpaired) electrons. The number of hydrogen-bond donors (Lipinski definition) is 0. The standard InChI is InChI=1S/C22H23ClN2O2/c1-4-24(5-2)22(27)18-8-9-19-14-25(15(3)26)21-11-10-20(23)13-17(21)7-6-16(19)12-18/h6-13H,4-5,14H2,1-3H3/b7-6-. The van der Waals surface area contributed by atoms with Crippen LogP contribution < -0.4 is 4.90 Å². The summed E-state index contributed by atoms with van der Waals surface area (Å²) in [6.45, 7) is 7.30. The van der Waals surface area contributed by atoms with Gasteiger partial charge in [-0.05, 0) is 60.9 Å². The predicted octanol–water partition coefficient (Wildman–Crippen LogP) is 4.86. The van der Waals surface area contributed by atoms with Crippen molar-refractivity contribution in [3.8, 4) is 0 Å². The summed E-state index contributed by atoms with van der Waals surface area (Å²) in [6.07, 6.45) is 3.93. The van der Waals surface area contributed by atoms with Crippen molar-refractivity contribution in [2.24, 2.45) is 0 Å². The second-order valence-corrected chi connectivity index (χ2v) is 6.97. The molecule has 0 bridgehead atoms. The molecule has 1 aliphatic heterocycles. The third-order valence-electron chi connectivity index (χ3n) is 4.87. The van der Waals surface area contributed by atoms with Gasteiger partial charge in [-0.3, -0.25) is 9.59 Å². The van der Waals surface area contributed by atoms with Crippen molar-refractivity contribution < 1.29 is 9.59 Å². The lowest BCUT2D eigenvalue weighted by atomic mass is 9.98. The molecule has 0 saturated heterocycles. The number of rotatable bonds is 3. The molecule has 0 fully saturated rings. The average molecular weight is 383 g/mol. The lowest BCUT2D eigenvalue weighted by molar-refractivity contribution is -0.116. The summed E-state index contributed by atoms with van der Waals surface area (Å²) < 4.78 is 0. The van der Waals surface area contributed by atoms with E-state index in [4.69, 9.17) is 11.6 Å². The van der Waals surface area contributed by atoms with Crippen molar-refractivity contribution in [1.29, 1.82) is 0 Å². The highest BCUT2D eigenvalue weighted by molar-refractivity contribution is 6.30. The number of fused-ring (bicyclic) bond motifs is 2. The van der Waals surface area contributed by atoms with Crippen molar-refractivity contribution in [3.63, 3.8) is 0 Å². The van der Waals surface area contributed by atoms with E-state index in [-0.39, 0.29) is 11.8 Å². The molecule has 1 aliphatic rings. The summed E-state index contributed by atoms with van der Waals surface area (Å²) in [7, 11) is 0. The summed E-state index contributed by atoms with van der Waals surface area (Å²) in [6, 6.07) is 11.2. The number of hydrogen-bond acceptors (Lipinski definition) is 2. The first-order valence-electron chi connectivity index (χ1n) is 9.12. The molecule has 0 unspecified atom stereocenters. The van der Waals surface area contributed by atoms with Crippen LogP contribution >= 0.6 is 11.6 Å². The number of carbonyl (C=O) groups excluding carboxylic acids is 2. The van der Waals surface area contributed by atoms with Gasteiger partial charge in [-0.1, -0.05) is 29.8 Å². The van der Waals surface area contributed by atoms with Crippen molar-refractivity contribution in [3.05, 3.63) is 63.7 Å². The molecule has 140 valence electrons. The zero-order valence-corrected chi connectivity index (χ0v) is 16.6. The molecule has 2 aromatic rings. The zero-order chi connectivity index (χ0) is 19.6. The van der Waals surface area contributed by atoms with Crippen LogP contribution in [-0.4, -0.2) is 29.8 Å². The summed E-state index contributed by atoms with van der Waals surface area (Å²) in [5.41, 5.74) is 4.30. The van der Waals surface area contributed by atoms with E-state index >= 15 is 0 Å². The van der Waals surface area contributed by atoms with E-state index in [9.17, 15) is 9.59 Å². The van der Waals surface area contributed by atoms with Crippen molar-refractivity contribution in [2.45, 2.75) is 27.3 Å². The van der Waals surface area contributed by atoms with Gasteiger partial charge >= 0.3 is 0 Å². The molecule has 2 amide bonds. The van der Waals surface area contributed by atoms with Crippen LogP contribution in [0.2, 0.25) is 5.02 Å². The molecule has 3 rings (SSSR count). The molecular formula is C22H23ClN2O2. The Morgan fingerprint density at radius 1 is 1.04 bits per heavy atom. The number of nitrogens with zero attached hydrogens (tertiary/aromatic N) is 2. The molecule has 0 aromatic heterocycles. The molecule has 0 saturated carbocycles. The third kappa shape index (κ3) is 3.91. The van der Waals surface area contributed by atoms with Gasteiger partial charge in [0.15, 0.2) is 0 Å². The fourth-order valence-corrected chi connectivity index (χ4v) is 3.52. The summed E-state index contributed by atoms with van der Waals surface area (Å²) in [4.78, 5) is 28.5. The van der Waals surface area contributed by atoms with Gasteiger partial charge in [0.2, 0.25) is 5.91 Å². The minimum atomic E-state index is -0.0388. The van der Waals surface area contributed by atoms with E-state index < -0.39 is 0 Å². The Hall–Kier alpha value is -2.59. The smallest absolute Gasteiger partial charge is 0.253 e.